The highest BCUT2D eigenvalue weighted by Crippen LogP contribution is 2.36. The quantitative estimate of drug-likeness (QED) is 0.505. The van der Waals surface area contributed by atoms with Crippen LogP contribution in [0.15, 0.2) is 72.8 Å². The van der Waals surface area contributed by atoms with E-state index in [1.165, 1.54) is 6.07 Å². The summed E-state index contributed by atoms with van der Waals surface area (Å²) in [5.41, 5.74) is 2.93. The molecular formula is C19H16O3. The molecule has 0 aliphatic rings. The molecule has 0 fully saturated rings. The van der Waals surface area contributed by atoms with E-state index in [-0.39, 0.29) is 23.2 Å². The Labute approximate surface area is 128 Å². The number of aromatic hydroxyl groups is 3. The third-order valence-corrected chi connectivity index (χ3v) is 3.69. The fourth-order valence-electron chi connectivity index (χ4n) is 2.61. The standard InChI is InChI=1S/C19H16O3/c20-16-9-6-14(7-10-16)19(13-4-2-1-3-5-13)15-8-11-17(21)18(22)12-15/h1-12,19-22H. The Bertz CT molecular complexity index is 764. The number of benzene rings is 3. The second kappa shape index (κ2) is 5.82. The molecule has 0 heterocycles. The van der Waals surface area contributed by atoms with Gasteiger partial charge in [-0.25, -0.2) is 0 Å². The maximum Gasteiger partial charge on any atom is 0.157 e. The lowest BCUT2D eigenvalue weighted by Gasteiger charge is -2.19. The van der Waals surface area contributed by atoms with Crippen LogP contribution < -0.4 is 0 Å². The fraction of sp³-hybridized carbons (Fsp3) is 0.0526. The normalized spacial score (nSPS) is 12.0. The van der Waals surface area contributed by atoms with E-state index in [2.05, 4.69) is 0 Å². The molecule has 0 aliphatic heterocycles. The van der Waals surface area contributed by atoms with Crippen molar-refractivity contribution in [1.82, 2.24) is 0 Å². The van der Waals surface area contributed by atoms with Crippen LogP contribution in [-0.4, -0.2) is 15.3 Å². The van der Waals surface area contributed by atoms with E-state index in [0.29, 0.717) is 0 Å². The van der Waals surface area contributed by atoms with Gasteiger partial charge in [0, 0.05) is 5.92 Å². The first kappa shape index (κ1) is 14.0. The fourth-order valence-corrected chi connectivity index (χ4v) is 2.61. The van der Waals surface area contributed by atoms with Crippen molar-refractivity contribution < 1.29 is 15.3 Å². The molecule has 0 aromatic heterocycles. The van der Waals surface area contributed by atoms with Crippen LogP contribution in [0.1, 0.15) is 22.6 Å². The molecule has 3 aromatic carbocycles. The summed E-state index contributed by atoms with van der Waals surface area (Å²) in [4.78, 5) is 0. The van der Waals surface area contributed by atoms with Gasteiger partial charge in [-0.15, -0.1) is 0 Å². The molecular weight excluding hydrogens is 276 g/mol. The van der Waals surface area contributed by atoms with E-state index >= 15 is 0 Å². The van der Waals surface area contributed by atoms with E-state index in [1.54, 1.807) is 24.3 Å². The summed E-state index contributed by atoms with van der Waals surface area (Å²) in [6.07, 6.45) is 0. The molecule has 110 valence electrons. The van der Waals surface area contributed by atoms with Gasteiger partial charge in [0.25, 0.3) is 0 Å². The first-order valence-electron chi connectivity index (χ1n) is 7.01. The minimum Gasteiger partial charge on any atom is -0.508 e. The van der Waals surface area contributed by atoms with Crippen LogP contribution in [-0.2, 0) is 0 Å². The molecule has 3 aromatic rings. The lowest BCUT2D eigenvalue weighted by Crippen LogP contribution is -2.03. The van der Waals surface area contributed by atoms with Crippen molar-refractivity contribution in [2.24, 2.45) is 0 Å². The molecule has 1 unspecified atom stereocenters. The maximum absolute atomic E-state index is 9.80. The van der Waals surface area contributed by atoms with Crippen molar-refractivity contribution in [3.63, 3.8) is 0 Å². The molecule has 0 bridgehead atoms. The predicted molar refractivity (Wildman–Crippen MR) is 85.3 cm³/mol. The average Bonchev–Trinajstić information content (AvgIpc) is 2.54. The largest absolute Gasteiger partial charge is 0.508 e. The summed E-state index contributed by atoms with van der Waals surface area (Å²) < 4.78 is 0. The Balaban J connectivity index is 2.14. The molecule has 3 heteroatoms. The highest BCUT2D eigenvalue weighted by atomic mass is 16.3. The molecule has 0 saturated carbocycles. The second-order valence-electron chi connectivity index (χ2n) is 5.18. The van der Waals surface area contributed by atoms with Crippen LogP contribution in [0.25, 0.3) is 0 Å². The van der Waals surface area contributed by atoms with Crippen LogP contribution in [0.5, 0.6) is 17.2 Å². The Kier molecular flexibility index (Phi) is 3.71. The van der Waals surface area contributed by atoms with E-state index in [0.717, 1.165) is 16.7 Å². The number of hydrogen-bond acceptors (Lipinski definition) is 3. The number of rotatable bonds is 3. The summed E-state index contributed by atoms with van der Waals surface area (Å²) in [5.74, 6) is -0.157. The minimum atomic E-state index is -0.141. The molecule has 0 amide bonds. The van der Waals surface area contributed by atoms with Gasteiger partial charge in [-0.1, -0.05) is 48.5 Å². The smallest absolute Gasteiger partial charge is 0.157 e. The van der Waals surface area contributed by atoms with Crippen LogP contribution in [0.3, 0.4) is 0 Å². The van der Waals surface area contributed by atoms with Crippen LogP contribution in [0.2, 0.25) is 0 Å². The maximum atomic E-state index is 9.80. The van der Waals surface area contributed by atoms with Crippen molar-refractivity contribution in [1.29, 1.82) is 0 Å². The highest BCUT2D eigenvalue weighted by molar-refractivity contribution is 5.49. The van der Waals surface area contributed by atoms with Gasteiger partial charge in [0.2, 0.25) is 0 Å². The van der Waals surface area contributed by atoms with Gasteiger partial charge >= 0.3 is 0 Å². The van der Waals surface area contributed by atoms with Gasteiger partial charge in [0.05, 0.1) is 0 Å². The van der Waals surface area contributed by atoms with Crippen LogP contribution in [0, 0.1) is 0 Å². The van der Waals surface area contributed by atoms with Gasteiger partial charge in [0.1, 0.15) is 5.75 Å². The molecule has 0 spiro atoms. The molecule has 0 aliphatic carbocycles. The van der Waals surface area contributed by atoms with Crippen LogP contribution in [0.4, 0.5) is 0 Å². The Morgan fingerprint density at radius 1 is 0.545 bits per heavy atom. The predicted octanol–water partition coefficient (Wildman–Crippen LogP) is 3.98. The zero-order valence-corrected chi connectivity index (χ0v) is 11.8. The summed E-state index contributed by atoms with van der Waals surface area (Å²) in [6.45, 7) is 0. The summed E-state index contributed by atoms with van der Waals surface area (Å²) in [5, 5.41) is 28.8. The zero-order chi connectivity index (χ0) is 15.5. The third-order valence-electron chi connectivity index (χ3n) is 3.69. The van der Waals surface area contributed by atoms with Gasteiger partial charge in [-0.2, -0.15) is 0 Å². The van der Waals surface area contributed by atoms with E-state index < -0.39 is 0 Å². The lowest BCUT2D eigenvalue weighted by atomic mass is 9.85. The lowest BCUT2D eigenvalue weighted by molar-refractivity contribution is 0.403. The van der Waals surface area contributed by atoms with Crippen molar-refractivity contribution in [2.75, 3.05) is 0 Å². The third kappa shape index (κ3) is 2.74. The van der Waals surface area contributed by atoms with Gasteiger partial charge in [-0.05, 0) is 41.0 Å². The first-order valence-corrected chi connectivity index (χ1v) is 7.01. The van der Waals surface area contributed by atoms with E-state index in [1.807, 2.05) is 42.5 Å². The Morgan fingerprint density at radius 2 is 1.14 bits per heavy atom. The first-order chi connectivity index (χ1) is 10.6. The number of phenols is 3. The van der Waals surface area contributed by atoms with Crippen molar-refractivity contribution >= 4 is 0 Å². The SMILES string of the molecule is Oc1ccc(C(c2ccccc2)c2ccc(O)c(O)c2)cc1. The molecule has 0 saturated heterocycles. The number of phenolic OH excluding ortho intramolecular Hbond substituents is 3. The topological polar surface area (TPSA) is 60.7 Å². The summed E-state index contributed by atoms with van der Waals surface area (Å²) in [7, 11) is 0. The number of hydrogen-bond donors (Lipinski definition) is 3. The monoisotopic (exact) mass is 292 g/mol. The zero-order valence-electron chi connectivity index (χ0n) is 11.8. The summed E-state index contributed by atoms with van der Waals surface area (Å²) >= 11 is 0. The summed E-state index contributed by atoms with van der Waals surface area (Å²) in [6, 6.07) is 21.8. The molecule has 3 N–H and O–H groups in total. The van der Waals surface area contributed by atoms with Crippen molar-refractivity contribution in [3.05, 3.63) is 89.5 Å². The average molecular weight is 292 g/mol. The molecule has 3 rings (SSSR count). The van der Waals surface area contributed by atoms with Gasteiger partial charge in [0.15, 0.2) is 11.5 Å². The minimum absolute atomic E-state index is 0.0895. The molecule has 1 atom stereocenters. The Morgan fingerprint density at radius 3 is 1.77 bits per heavy atom. The molecule has 0 radical (unpaired) electrons. The van der Waals surface area contributed by atoms with Crippen LogP contribution >= 0.6 is 0 Å². The van der Waals surface area contributed by atoms with E-state index in [4.69, 9.17) is 0 Å². The molecule has 22 heavy (non-hydrogen) atoms. The van der Waals surface area contributed by atoms with Gasteiger partial charge in [-0.3, -0.25) is 0 Å². The second-order valence-corrected chi connectivity index (χ2v) is 5.18. The Hall–Kier alpha value is -2.94. The van der Waals surface area contributed by atoms with E-state index in [9.17, 15) is 15.3 Å². The highest BCUT2D eigenvalue weighted by Gasteiger charge is 2.18. The van der Waals surface area contributed by atoms with Crippen molar-refractivity contribution in [3.8, 4) is 17.2 Å². The van der Waals surface area contributed by atoms with Gasteiger partial charge < -0.3 is 15.3 Å². The molecule has 3 nitrogen and oxygen atoms in total. The van der Waals surface area contributed by atoms with Crippen molar-refractivity contribution in [2.45, 2.75) is 5.92 Å².